The van der Waals surface area contributed by atoms with Gasteiger partial charge in [-0.2, -0.15) is 0 Å². The number of halogens is 1. The topological polar surface area (TPSA) is 64.7 Å². The van der Waals surface area contributed by atoms with Crippen LogP contribution in [0.1, 0.15) is 47.4 Å². The Kier molecular flexibility index (Phi) is 11.0. The molecule has 0 aliphatic carbocycles. The Morgan fingerprint density at radius 3 is 2.37 bits per heavy atom. The van der Waals surface area contributed by atoms with Gasteiger partial charge in [-0.15, -0.1) is 12.4 Å². The fourth-order valence-electron chi connectivity index (χ4n) is 3.20. The lowest BCUT2D eigenvalue weighted by atomic mass is 10.1. The largest absolute Gasteiger partial charge is 0.351 e. The van der Waals surface area contributed by atoms with Gasteiger partial charge in [0.05, 0.1) is 0 Å². The maximum Gasteiger partial charge on any atom is 0.253 e. The Morgan fingerprint density at radius 2 is 1.74 bits per heavy atom. The molecular formula is C20H33ClN4O2. The Balaban J connectivity index is 0.00000364. The quantitative estimate of drug-likeness (QED) is 0.670. The van der Waals surface area contributed by atoms with Crippen LogP contribution in [-0.4, -0.2) is 74.0 Å². The summed E-state index contributed by atoms with van der Waals surface area (Å²) in [7, 11) is 0. The number of hydrogen-bond donors (Lipinski definition) is 2. The molecule has 0 saturated carbocycles. The maximum absolute atomic E-state index is 12.7. The van der Waals surface area contributed by atoms with E-state index < -0.39 is 0 Å². The predicted octanol–water partition coefficient (Wildman–Crippen LogP) is 2.01. The van der Waals surface area contributed by atoms with Gasteiger partial charge in [-0.1, -0.05) is 19.9 Å². The summed E-state index contributed by atoms with van der Waals surface area (Å²) in [5.74, 6) is -0.114. The highest BCUT2D eigenvalue weighted by Gasteiger charge is 2.16. The third-order valence-corrected chi connectivity index (χ3v) is 4.57. The Labute approximate surface area is 169 Å². The van der Waals surface area contributed by atoms with Crippen molar-refractivity contribution in [3.8, 4) is 0 Å². The van der Waals surface area contributed by atoms with Crippen LogP contribution < -0.4 is 10.6 Å². The highest BCUT2D eigenvalue weighted by Crippen LogP contribution is 2.10. The summed E-state index contributed by atoms with van der Waals surface area (Å²) < 4.78 is 0. The first-order valence-electron chi connectivity index (χ1n) is 9.76. The van der Waals surface area contributed by atoms with E-state index in [1.807, 2.05) is 4.90 Å². The molecule has 1 aliphatic rings. The van der Waals surface area contributed by atoms with Crippen LogP contribution >= 0.6 is 12.4 Å². The van der Waals surface area contributed by atoms with E-state index in [1.54, 1.807) is 24.3 Å². The molecule has 6 nitrogen and oxygen atoms in total. The monoisotopic (exact) mass is 396 g/mol. The van der Waals surface area contributed by atoms with Crippen molar-refractivity contribution < 1.29 is 9.59 Å². The highest BCUT2D eigenvalue weighted by molar-refractivity contribution is 5.99. The summed E-state index contributed by atoms with van der Waals surface area (Å²) in [5, 5.41) is 6.28. The van der Waals surface area contributed by atoms with Gasteiger partial charge >= 0.3 is 0 Å². The van der Waals surface area contributed by atoms with Gasteiger partial charge in [-0.05, 0) is 31.0 Å². The van der Waals surface area contributed by atoms with Crippen molar-refractivity contribution in [3.05, 3.63) is 35.4 Å². The lowest BCUT2D eigenvalue weighted by Crippen LogP contribution is -2.46. The van der Waals surface area contributed by atoms with E-state index in [1.165, 1.54) is 0 Å². The third kappa shape index (κ3) is 7.48. The molecule has 152 valence electrons. The van der Waals surface area contributed by atoms with Gasteiger partial charge in [0.1, 0.15) is 0 Å². The SMILES string of the molecule is CCCN(CCC)C(=O)c1cccc(C(=O)NCCN2CCNCC2)c1.Cl. The summed E-state index contributed by atoms with van der Waals surface area (Å²) in [4.78, 5) is 29.3. The molecule has 2 amide bonds. The summed E-state index contributed by atoms with van der Waals surface area (Å²) in [6.07, 6.45) is 1.86. The standard InChI is InChI=1S/C20H32N4O2.ClH/c1-3-11-24(12-4-2)20(26)18-7-5-6-17(16-18)19(25)22-10-15-23-13-8-21-9-14-23;/h5-7,16,21H,3-4,8-15H2,1-2H3,(H,22,25);1H. The molecule has 1 heterocycles. The summed E-state index contributed by atoms with van der Waals surface area (Å²) in [6, 6.07) is 7.05. The zero-order chi connectivity index (χ0) is 18.8. The second-order valence-electron chi connectivity index (χ2n) is 6.72. The first-order valence-corrected chi connectivity index (χ1v) is 9.76. The molecule has 0 radical (unpaired) electrons. The van der Waals surface area contributed by atoms with E-state index >= 15 is 0 Å². The molecule has 1 aromatic rings. The average molecular weight is 397 g/mol. The van der Waals surface area contributed by atoms with Crippen LogP contribution in [0.15, 0.2) is 24.3 Å². The van der Waals surface area contributed by atoms with Crippen molar-refractivity contribution in [1.82, 2.24) is 20.4 Å². The van der Waals surface area contributed by atoms with E-state index in [0.717, 1.165) is 58.7 Å². The number of nitrogens with zero attached hydrogens (tertiary/aromatic N) is 2. The molecule has 0 aromatic heterocycles. The van der Waals surface area contributed by atoms with E-state index in [9.17, 15) is 9.59 Å². The zero-order valence-corrected chi connectivity index (χ0v) is 17.3. The predicted molar refractivity (Wildman–Crippen MR) is 112 cm³/mol. The molecule has 1 fully saturated rings. The van der Waals surface area contributed by atoms with Crippen LogP contribution in [0.4, 0.5) is 0 Å². The number of rotatable bonds is 9. The van der Waals surface area contributed by atoms with Crippen molar-refractivity contribution in [3.63, 3.8) is 0 Å². The first kappa shape index (κ1) is 23.4. The van der Waals surface area contributed by atoms with Crippen LogP contribution in [0, 0.1) is 0 Å². The minimum atomic E-state index is -0.118. The van der Waals surface area contributed by atoms with E-state index in [0.29, 0.717) is 17.7 Å². The number of benzene rings is 1. The number of hydrogen-bond acceptors (Lipinski definition) is 4. The van der Waals surface area contributed by atoms with Gasteiger partial charge in [0, 0.05) is 63.5 Å². The van der Waals surface area contributed by atoms with E-state index in [2.05, 4.69) is 29.4 Å². The maximum atomic E-state index is 12.7. The fraction of sp³-hybridized carbons (Fsp3) is 0.600. The second-order valence-corrected chi connectivity index (χ2v) is 6.72. The normalized spacial score (nSPS) is 14.3. The van der Waals surface area contributed by atoms with Gasteiger partial charge in [-0.25, -0.2) is 0 Å². The highest BCUT2D eigenvalue weighted by atomic mass is 35.5. The molecule has 0 unspecified atom stereocenters. The van der Waals surface area contributed by atoms with Crippen molar-refractivity contribution >= 4 is 24.2 Å². The summed E-state index contributed by atoms with van der Waals surface area (Å²) >= 11 is 0. The lowest BCUT2D eigenvalue weighted by Gasteiger charge is -2.27. The molecule has 27 heavy (non-hydrogen) atoms. The molecule has 1 aliphatic heterocycles. The fourth-order valence-corrected chi connectivity index (χ4v) is 3.20. The summed E-state index contributed by atoms with van der Waals surface area (Å²) in [5.41, 5.74) is 1.13. The minimum absolute atomic E-state index is 0. The summed E-state index contributed by atoms with van der Waals surface area (Å²) in [6.45, 7) is 11.1. The molecular weight excluding hydrogens is 364 g/mol. The first-order chi connectivity index (χ1) is 12.7. The van der Waals surface area contributed by atoms with Gasteiger partial charge in [0.2, 0.25) is 0 Å². The molecule has 0 bridgehead atoms. The van der Waals surface area contributed by atoms with Gasteiger partial charge in [-0.3, -0.25) is 14.5 Å². The minimum Gasteiger partial charge on any atom is -0.351 e. The van der Waals surface area contributed by atoms with Crippen molar-refractivity contribution in [2.45, 2.75) is 26.7 Å². The third-order valence-electron chi connectivity index (χ3n) is 4.57. The van der Waals surface area contributed by atoms with Crippen LogP contribution in [0.25, 0.3) is 0 Å². The smallest absolute Gasteiger partial charge is 0.253 e. The van der Waals surface area contributed by atoms with Crippen LogP contribution in [-0.2, 0) is 0 Å². The molecule has 1 aromatic carbocycles. The van der Waals surface area contributed by atoms with Gasteiger partial charge in [0.25, 0.3) is 11.8 Å². The molecule has 0 atom stereocenters. The van der Waals surface area contributed by atoms with Gasteiger partial charge in [0.15, 0.2) is 0 Å². The number of carbonyl (C=O) groups excluding carboxylic acids is 2. The second kappa shape index (κ2) is 12.7. The van der Waals surface area contributed by atoms with Crippen molar-refractivity contribution in [2.75, 3.05) is 52.4 Å². The van der Waals surface area contributed by atoms with Crippen molar-refractivity contribution in [1.29, 1.82) is 0 Å². The Morgan fingerprint density at radius 1 is 1.11 bits per heavy atom. The molecule has 2 N–H and O–H groups in total. The average Bonchev–Trinajstić information content (AvgIpc) is 2.68. The Bertz CT molecular complexity index is 585. The number of amides is 2. The molecule has 7 heteroatoms. The number of nitrogens with one attached hydrogen (secondary N) is 2. The zero-order valence-electron chi connectivity index (χ0n) is 16.5. The lowest BCUT2D eigenvalue weighted by molar-refractivity contribution is 0.0755. The number of piperazine rings is 1. The molecule has 1 saturated heterocycles. The van der Waals surface area contributed by atoms with Crippen LogP contribution in [0.5, 0.6) is 0 Å². The number of carbonyl (C=O) groups is 2. The van der Waals surface area contributed by atoms with Crippen LogP contribution in [0.3, 0.4) is 0 Å². The Hall–Kier alpha value is -1.63. The van der Waals surface area contributed by atoms with E-state index in [4.69, 9.17) is 0 Å². The molecule has 2 rings (SSSR count). The molecule has 0 spiro atoms. The van der Waals surface area contributed by atoms with Gasteiger partial charge < -0.3 is 15.5 Å². The van der Waals surface area contributed by atoms with Crippen molar-refractivity contribution in [2.24, 2.45) is 0 Å². The van der Waals surface area contributed by atoms with Crippen LogP contribution in [0.2, 0.25) is 0 Å². The van der Waals surface area contributed by atoms with E-state index in [-0.39, 0.29) is 24.2 Å².